The number of carbonyl (C=O) groups excluding carboxylic acids is 1. The SMILES string of the molecule is CCCCCCCCC=CCCCCCCCC(=O)CNCC(O)O. The normalized spacial score (nSPS) is 11.7. The van der Waals surface area contributed by atoms with Crippen molar-refractivity contribution in [2.45, 2.75) is 103 Å². The van der Waals surface area contributed by atoms with Crippen LogP contribution >= 0.6 is 0 Å². The monoisotopic (exact) mass is 355 g/mol. The first-order chi connectivity index (χ1) is 12.2. The van der Waals surface area contributed by atoms with Gasteiger partial charge in [0, 0.05) is 13.0 Å². The number of unbranched alkanes of at least 4 members (excludes halogenated alkanes) is 11. The lowest BCUT2D eigenvalue weighted by atomic mass is 10.1. The smallest absolute Gasteiger partial charge is 0.164 e. The Hall–Kier alpha value is -0.710. The number of allylic oxidation sites excluding steroid dienone is 2. The molecule has 0 atom stereocenters. The van der Waals surface area contributed by atoms with Crippen molar-refractivity contribution in [1.29, 1.82) is 0 Å². The molecule has 0 heterocycles. The van der Waals surface area contributed by atoms with Crippen LogP contribution in [0.4, 0.5) is 0 Å². The summed E-state index contributed by atoms with van der Waals surface area (Å²) in [6, 6.07) is 0. The number of hydrogen-bond acceptors (Lipinski definition) is 4. The standard InChI is InChI=1S/C21H41NO3/c1-2-3-4-5-6-7-8-9-10-11-12-13-14-15-16-17-20(23)18-22-19-21(24)25/h9-10,21-22,24-25H,2-8,11-19H2,1H3. The highest BCUT2D eigenvalue weighted by molar-refractivity contribution is 5.80. The van der Waals surface area contributed by atoms with Gasteiger partial charge in [-0.1, -0.05) is 70.4 Å². The molecule has 0 aromatic rings. The van der Waals surface area contributed by atoms with Crippen molar-refractivity contribution in [2.75, 3.05) is 13.1 Å². The highest BCUT2D eigenvalue weighted by Crippen LogP contribution is 2.10. The quantitative estimate of drug-likeness (QED) is 0.181. The number of aliphatic hydroxyl groups is 2. The molecular weight excluding hydrogens is 314 g/mol. The van der Waals surface area contributed by atoms with Gasteiger partial charge in [-0.2, -0.15) is 0 Å². The second kappa shape index (κ2) is 19.6. The van der Waals surface area contributed by atoms with Crippen LogP contribution in [0, 0.1) is 0 Å². The van der Waals surface area contributed by atoms with E-state index in [0.717, 1.165) is 12.8 Å². The fourth-order valence-corrected chi connectivity index (χ4v) is 2.82. The Bertz CT molecular complexity index is 316. The Labute approximate surface area is 155 Å². The van der Waals surface area contributed by atoms with Crippen LogP contribution in [0.2, 0.25) is 0 Å². The van der Waals surface area contributed by atoms with E-state index in [4.69, 9.17) is 10.2 Å². The molecule has 0 aromatic heterocycles. The number of rotatable bonds is 19. The molecule has 148 valence electrons. The first-order valence-electron chi connectivity index (χ1n) is 10.4. The van der Waals surface area contributed by atoms with Gasteiger partial charge in [-0.05, 0) is 32.1 Å². The summed E-state index contributed by atoms with van der Waals surface area (Å²) in [6.07, 6.45) is 20.2. The van der Waals surface area contributed by atoms with Gasteiger partial charge in [0.05, 0.1) is 6.54 Å². The molecular formula is C21H41NO3. The molecule has 0 saturated heterocycles. The zero-order valence-electron chi connectivity index (χ0n) is 16.3. The van der Waals surface area contributed by atoms with Crippen LogP contribution in [0.15, 0.2) is 12.2 Å². The molecule has 0 spiro atoms. The topological polar surface area (TPSA) is 69.6 Å². The van der Waals surface area contributed by atoms with Gasteiger partial charge in [-0.3, -0.25) is 4.79 Å². The first kappa shape index (κ1) is 24.3. The van der Waals surface area contributed by atoms with Crippen LogP contribution in [0.25, 0.3) is 0 Å². The summed E-state index contributed by atoms with van der Waals surface area (Å²) in [5.74, 6) is 0.151. The lowest BCUT2D eigenvalue weighted by Crippen LogP contribution is -2.30. The maximum absolute atomic E-state index is 11.5. The molecule has 0 amide bonds. The van der Waals surface area contributed by atoms with Crippen LogP contribution < -0.4 is 5.32 Å². The number of Topliss-reactive ketones (excluding diaryl/α,β-unsaturated/α-hetero) is 1. The largest absolute Gasteiger partial charge is 0.367 e. The lowest BCUT2D eigenvalue weighted by molar-refractivity contribution is -0.118. The van der Waals surface area contributed by atoms with E-state index < -0.39 is 6.29 Å². The van der Waals surface area contributed by atoms with E-state index in [9.17, 15) is 4.79 Å². The van der Waals surface area contributed by atoms with Crippen molar-refractivity contribution in [3.05, 3.63) is 12.2 Å². The molecule has 0 saturated carbocycles. The zero-order chi connectivity index (χ0) is 18.6. The van der Waals surface area contributed by atoms with Crippen LogP contribution in [0.3, 0.4) is 0 Å². The van der Waals surface area contributed by atoms with E-state index in [2.05, 4.69) is 24.4 Å². The van der Waals surface area contributed by atoms with Crippen LogP contribution in [-0.4, -0.2) is 35.4 Å². The van der Waals surface area contributed by atoms with E-state index >= 15 is 0 Å². The Kier molecular flexibility index (Phi) is 19.1. The molecule has 0 bridgehead atoms. The number of nitrogens with one attached hydrogen (secondary N) is 1. The Morgan fingerprint density at radius 2 is 1.36 bits per heavy atom. The van der Waals surface area contributed by atoms with E-state index in [1.807, 2.05) is 0 Å². The molecule has 0 aliphatic rings. The van der Waals surface area contributed by atoms with Crippen molar-refractivity contribution in [2.24, 2.45) is 0 Å². The minimum Gasteiger partial charge on any atom is -0.367 e. The molecule has 0 unspecified atom stereocenters. The van der Waals surface area contributed by atoms with Crippen LogP contribution in [0.5, 0.6) is 0 Å². The molecule has 4 nitrogen and oxygen atoms in total. The van der Waals surface area contributed by atoms with Crippen molar-refractivity contribution in [3.63, 3.8) is 0 Å². The van der Waals surface area contributed by atoms with Gasteiger partial charge >= 0.3 is 0 Å². The fraction of sp³-hybridized carbons (Fsp3) is 0.857. The predicted molar refractivity (Wildman–Crippen MR) is 106 cm³/mol. The third-order valence-electron chi connectivity index (χ3n) is 4.37. The molecule has 0 rings (SSSR count). The summed E-state index contributed by atoms with van der Waals surface area (Å²) in [6.45, 7) is 2.55. The van der Waals surface area contributed by atoms with Gasteiger partial charge < -0.3 is 15.5 Å². The lowest BCUT2D eigenvalue weighted by Gasteiger charge is -2.05. The minimum atomic E-state index is -1.38. The number of carbonyl (C=O) groups is 1. The number of hydrogen-bond donors (Lipinski definition) is 3. The number of aliphatic hydroxyl groups excluding tert-OH is 1. The third-order valence-corrected chi connectivity index (χ3v) is 4.37. The average molecular weight is 356 g/mol. The zero-order valence-corrected chi connectivity index (χ0v) is 16.3. The van der Waals surface area contributed by atoms with Gasteiger partial charge in [-0.15, -0.1) is 0 Å². The summed E-state index contributed by atoms with van der Waals surface area (Å²) in [4.78, 5) is 11.5. The van der Waals surface area contributed by atoms with Crippen LogP contribution in [0.1, 0.15) is 96.8 Å². The first-order valence-corrected chi connectivity index (χ1v) is 10.4. The van der Waals surface area contributed by atoms with Gasteiger partial charge in [-0.25, -0.2) is 0 Å². The van der Waals surface area contributed by atoms with Gasteiger partial charge in [0.1, 0.15) is 5.78 Å². The Morgan fingerprint density at radius 1 is 0.840 bits per heavy atom. The van der Waals surface area contributed by atoms with Crippen LogP contribution in [-0.2, 0) is 4.79 Å². The molecule has 0 aromatic carbocycles. The summed E-state index contributed by atoms with van der Waals surface area (Å²) in [5, 5.41) is 20.0. The molecule has 0 aliphatic carbocycles. The Balaban J connectivity index is 3.20. The molecule has 0 fully saturated rings. The number of ketones is 1. The van der Waals surface area contributed by atoms with Gasteiger partial charge in [0.25, 0.3) is 0 Å². The third kappa shape index (κ3) is 21.2. The van der Waals surface area contributed by atoms with Gasteiger partial charge in [0.15, 0.2) is 6.29 Å². The molecule has 4 heteroatoms. The maximum Gasteiger partial charge on any atom is 0.164 e. The van der Waals surface area contributed by atoms with Crippen molar-refractivity contribution in [3.8, 4) is 0 Å². The van der Waals surface area contributed by atoms with E-state index in [1.165, 1.54) is 70.6 Å². The maximum atomic E-state index is 11.5. The summed E-state index contributed by atoms with van der Waals surface area (Å²) in [7, 11) is 0. The van der Waals surface area contributed by atoms with Gasteiger partial charge in [0.2, 0.25) is 0 Å². The highest BCUT2D eigenvalue weighted by atomic mass is 16.5. The van der Waals surface area contributed by atoms with Crippen molar-refractivity contribution < 1.29 is 15.0 Å². The van der Waals surface area contributed by atoms with Crippen molar-refractivity contribution in [1.82, 2.24) is 5.32 Å². The summed E-state index contributed by atoms with van der Waals surface area (Å²) < 4.78 is 0. The molecule has 0 aliphatic heterocycles. The summed E-state index contributed by atoms with van der Waals surface area (Å²) in [5.41, 5.74) is 0. The second-order valence-electron chi connectivity index (χ2n) is 6.98. The highest BCUT2D eigenvalue weighted by Gasteiger charge is 2.02. The van der Waals surface area contributed by atoms with E-state index in [1.54, 1.807) is 0 Å². The molecule has 25 heavy (non-hydrogen) atoms. The molecule has 0 radical (unpaired) electrons. The molecule has 3 N–H and O–H groups in total. The predicted octanol–water partition coefficient (Wildman–Crippen LogP) is 4.49. The Morgan fingerprint density at radius 3 is 1.92 bits per heavy atom. The second-order valence-corrected chi connectivity index (χ2v) is 6.98. The fourth-order valence-electron chi connectivity index (χ4n) is 2.82. The summed E-state index contributed by atoms with van der Waals surface area (Å²) >= 11 is 0. The average Bonchev–Trinajstić information content (AvgIpc) is 2.58. The van der Waals surface area contributed by atoms with E-state index in [-0.39, 0.29) is 18.9 Å². The minimum absolute atomic E-state index is 0.0537. The van der Waals surface area contributed by atoms with E-state index in [0.29, 0.717) is 6.42 Å². The van der Waals surface area contributed by atoms with Crippen molar-refractivity contribution >= 4 is 5.78 Å².